The standard InChI is InChI=1S/C14H18N2S/c1-16(2)10-5-7-12-6-3-4-8-13(12)14-15-9-11-17-14/h3-4,6,8-9,11H,5,7,10H2,1-2H3. The highest BCUT2D eigenvalue weighted by molar-refractivity contribution is 7.13. The maximum atomic E-state index is 4.40. The van der Waals surface area contributed by atoms with E-state index in [0.717, 1.165) is 18.0 Å². The molecule has 0 bridgehead atoms. The van der Waals surface area contributed by atoms with E-state index in [9.17, 15) is 0 Å². The first-order valence-electron chi connectivity index (χ1n) is 5.90. The summed E-state index contributed by atoms with van der Waals surface area (Å²) in [7, 11) is 4.24. The Morgan fingerprint density at radius 3 is 2.76 bits per heavy atom. The number of benzene rings is 1. The highest BCUT2D eigenvalue weighted by Crippen LogP contribution is 2.26. The maximum Gasteiger partial charge on any atom is 0.123 e. The molecule has 0 atom stereocenters. The number of hydrogen-bond donors (Lipinski definition) is 0. The van der Waals surface area contributed by atoms with Gasteiger partial charge in [0, 0.05) is 17.1 Å². The summed E-state index contributed by atoms with van der Waals surface area (Å²) in [4.78, 5) is 6.63. The van der Waals surface area contributed by atoms with Crippen LogP contribution in [-0.2, 0) is 6.42 Å². The van der Waals surface area contributed by atoms with E-state index in [2.05, 4.69) is 48.2 Å². The molecule has 3 heteroatoms. The third-order valence-corrected chi connectivity index (χ3v) is 3.54. The zero-order valence-corrected chi connectivity index (χ0v) is 11.2. The Balaban J connectivity index is 2.11. The third-order valence-electron chi connectivity index (χ3n) is 2.73. The number of thiazole rings is 1. The zero-order chi connectivity index (χ0) is 12.1. The molecule has 0 unspecified atom stereocenters. The van der Waals surface area contributed by atoms with Gasteiger partial charge in [-0.1, -0.05) is 24.3 Å². The van der Waals surface area contributed by atoms with Crippen molar-refractivity contribution in [1.29, 1.82) is 0 Å². The third kappa shape index (κ3) is 3.38. The second-order valence-corrected chi connectivity index (χ2v) is 5.30. The fraction of sp³-hybridized carbons (Fsp3) is 0.357. The molecule has 1 heterocycles. The Hall–Kier alpha value is -1.19. The van der Waals surface area contributed by atoms with Gasteiger partial charge in [0.15, 0.2) is 0 Å². The molecule has 2 nitrogen and oxygen atoms in total. The van der Waals surface area contributed by atoms with E-state index in [0.29, 0.717) is 0 Å². The summed E-state index contributed by atoms with van der Waals surface area (Å²) < 4.78 is 0. The second kappa shape index (κ2) is 5.94. The van der Waals surface area contributed by atoms with Crippen molar-refractivity contribution in [1.82, 2.24) is 9.88 Å². The molecule has 2 rings (SSSR count). The zero-order valence-electron chi connectivity index (χ0n) is 10.4. The van der Waals surface area contributed by atoms with Crippen LogP contribution in [0.1, 0.15) is 12.0 Å². The quantitative estimate of drug-likeness (QED) is 0.804. The number of rotatable bonds is 5. The van der Waals surface area contributed by atoms with Crippen LogP contribution in [0, 0.1) is 0 Å². The van der Waals surface area contributed by atoms with Gasteiger partial charge in [0.25, 0.3) is 0 Å². The summed E-state index contributed by atoms with van der Waals surface area (Å²) in [6, 6.07) is 8.59. The molecule has 1 aromatic heterocycles. The lowest BCUT2D eigenvalue weighted by atomic mass is 10.0. The van der Waals surface area contributed by atoms with Crippen LogP contribution in [0.3, 0.4) is 0 Å². The van der Waals surface area contributed by atoms with Gasteiger partial charge >= 0.3 is 0 Å². The monoisotopic (exact) mass is 246 g/mol. The van der Waals surface area contributed by atoms with Crippen LogP contribution in [0.4, 0.5) is 0 Å². The van der Waals surface area contributed by atoms with Crippen LogP contribution >= 0.6 is 11.3 Å². The first-order chi connectivity index (χ1) is 8.27. The van der Waals surface area contributed by atoms with Crippen LogP contribution in [-0.4, -0.2) is 30.5 Å². The summed E-state index contributed by atoms with van der Waals surface area (Å²) in [6.07, 6.45) is 4.18. The van der Waals surface area contributed by atoms with Crippen molar-refractivity contribution in [2.45, 2.75) is 12.8 Å². The van der Waals surface area contributed by atoms with Gasteiger partial charge in [0.2, 0.25) is 0 Å². The Kier molecular flexibility index (Phi) is 4.29. The average molecular weight is 246 g/mol. The van der Waals surface area contributed by atoms with Crippen molar-refractivity contribution in [3.8, 4) is 10.6 Å². The summed E-state index contributed by atoms with van der Waals surface area (Å²) in [5, 5.41) is 3.16. The van der Waals surface area contributed by atoms with Crippen LogP contribution < -0.4 is 0 Å². The largest absolute Gasteiger partial charge is 0.309 e. The van der Waals surface area contributed by atoms with E-state index in [4.69, 9.17) is 0 Å². The molecule has 0 aliphatic rings. The lowest BCUT2D eigenvalue weighted by molar-refractivity contribution is 0.400. The molecule has 0 fully saturated rings. The number of aryl methyl sites for hydroxylation is 1. The molecule has 0 aliphatic heterocycles. The highest BCUT2D eigenvalue weighted by atomic mass is 32.1. The van der Waals surface area contributed by atoms with E-state index >= 15 is 0 Å². The molecule has 0 radical (unpaired) electrons. The Labute approximate surface area is 107 Å². The normalized spacial score (nSPS) is 11.0. The molecule has 2 aromatic rings. The number of hydrogen-bond acceptors (Lipinski definition) is 3. The molecule has 0 aliphatic carbocycles. The van der Waals surface area contributed by atoms with Crippen molar-refractivity contribution in [2.75, 3.05) is 20.6 Å². The van der Waals surface area contributed by atoms with Crippen LogP contribution in [0.2, 0.25) is 0 Å². The van der Waals surface area contributed by atoms with Gasteiger partial charge in [-0.3, -0.25) is 0 Å². The summed E-state index contributed by atoms with van der Waals surface area (Å²) in [5.74, 6) is 0. The van der Waals surface area contributed by atoms with E-state index in [1.54, 1.807) is 11.3 Å². The fourth-order valence-electron chi connectivity index (χ4n) is 1.89. The van der Waals surface area contributed by atoms with Gasteiger partial charge in [-0.15, -0.1) is 11.3 Å². The van der Waals surface area contributed by atoms with Crippen LogP contribution in [0.25, 0.3) is 10.6 Å². The van der Waals surface area contributed by atoms with Gasteiger partial charge in [0.05, 0.1) is 0 Å². The minimum absolute atomic E-state index is 1.12. The van der Waals surface area contributed by atoms with E-state index < -0.39 is 0 Å². The minimum Gasteiger partial charge on any atom is -0.309 e. The van der Waals surface area contributed by atoms with Crippen molar-refractivity contribution in [3.05, 3.63) is 41.4 Å². The van der Waals surface area contributed by atoms with Crippen LogP contribution in [0.15, 0.2) is 35.8 Å². The predicted octanol–water partition coefficient (Wildman–Crippen LogP) is 3.30. The van der Waals surface area contributed by atoms with Gasteiger partial charge in [-0.05, 0) is 39.0 Å². The SMILES string of the molecule is CN(C)CCCc1ccccc1-c1nccs1. The van der Waals surface area contributed by atoms with Crippen molar-refractivity contribution in [3.63, 3.8) is 0 Å². The molecule has 0 spiro atoms. The highest BCUT2D eigenvalue weighted by Gasteiger charge is 2.06. The number of nitrogens with zero attached hydrogens (tertiary/aromatic N) is 2. The molecule has 17 heavy (non-hydrogen) atoms. The Morgan fingerprint density at radius 1 is 1.24 bits per heavy atom. The molecule has 0 amide bonds. The van der Waals surface area contributed by atoms with E-state index in [1.165, 1.54) is 17.5 Å². The number of aromatic nitrogens is 1. The first-order valence-corrected chi connectivity index (χ1v) is 6.78. The molecule has 90 valence electrons. The Morgan fingerprint density at radius 2 is 2.06 bits per heavy atom. The predicted molar refractivity (Wildman–Crippen MR) is 74.4 cm³/mol. The molecular weight excluding hydrogens is 228 g/mol. The molecule has 0 N–H and O–H groups in total. The van der Waals surface area contributed by atoms with Gasteiger partial charge in [-0.25, -0.2) is 4.98 Å². The second-order valence-electron chi connectivity index (χ2n) is 4.40. The van der Waals surface area contributed by atoms with Gasteiger partial charge in [-0.2, -0.15) is 0 Å². The van der Waals surface area contributed by atoms with Crippen molar-refractivity contribution >= 4 is 11.3 Å². The van der Waals surface area contributed by atoms with E-state index in [1.807, 2.05) is 11.6 Å². The average Bonchev–Trinajstić information content (AvgIpc) is 2.82. The van der Waals surface area contributed by atoms with Crippen molar-refractivity contribution in [2.24, 2.45) is 0 Å². The molecule has 0 saturated carbocycles. The molecular formula is C14H18N2S. The minimum atomic E-state index is 1.12. The first kappa shape index (κ1) is 12.3. The van der Waals surface area contributed by atoms with Crippen molar-refractivity contribution < 1.29 is 0 Å². The van der Waals surface area contributed by atoms with E-state index in [-0.39, 0.29) is 0 Å². The molecule has 0 saturated heterocycles. The summed E-state index contributed by atoms with van der Waals surface area (Å²) >= 11 is 1.71. The summed E-state index contributed by atoms with van der Waals surface area (Å²) in [6.45, 7) is 1.13. The molecule has 1 aromatic carbocycles. The lowest BCUT2D eigenvalue weighted by Gasteiger charge is -2.10. The van der Waals surface area contributed by atoms with Crippen LogP contribution in [0.5, 0.6) is 0 Å². The van der Waals surface area contributed by atoms with Gasteiger partial charge in [0.1, 0.15) is 5.01 Å². The smallest absolute Gasteiger partial charge is 0.123 e. The van der Waals surface area contributed by atoms with Gasteiger partial charge < -0.3 is 4.90 Å². The fourth-order valence-corrected chi connectivity index (χ4v) is 2.59. The topological polar surface area (TPSA) is 16.1 Å². The maximum absolute atomic E-state index is 4.40. The lowest BCUT2D eigenvalue weighted by Crippen LogP contribution is -2.13. The summed E-state index contributed by atoms with van der Waals surface area (Å²) in [5.41, 5.74) is 2.70. The Bertz CT molecular complexity index is 449.